The minimum Gasteiger partial charge on any atom is -0.477 e. The lowest BCUT2D eigenvalue weighted by molar-refractivity contribution is -0.118. The SMILES string of the molecule is CC(=O)[C@@H]1CN(c2ncc3c(n2)CCCC3)CCN1c1ncc(C(=O)O)c(N)n1. The molecule has 0 saturated carbocycles. The highest BCUT2D eigenvalue weighted by Crippen LogP contribution is 2.24. The normalized spacial score (nSPS) is 19.0. The molecular weight excluding hydrogens is 374 g/mol. The molecule has 2 aromatic heterocycles. The number of carboxylic acids is 1. The molecule has 2 aliphatic rings. The number of rotatable bonds is 4. The number of nitrogens with two attached hydrogens (primary N) is 1. The van der Waals surface area contributed by atoms with Crippen molar-refractivity contribution in [2.45, 2.75) is 38.6 Å². The molecule has 0 amide bonds. The first-order chi connectivity index (χ1) is 13.9. The summed E-state index contributed by atoms with van der Waals surface area (Å²) in [4.78, 5) is 44.8. The van der Waals surface area contributed by atoms with E-state index >= 15 is 0 Å². The fourth-order valence-electron chi connectivity index (χ4n) is 3.86. The number of carboxylic acid groups (broad SMARTS) is 1. The third-order valence-corrected chi connectivity index (χ3v) is 5.48. The van der Waals surface area contributed by atoms with E-state index in [1.807, 2.05) is 11.1 Å². The van der Waals surface area contributed by atoms with Crippen LogP contribution in [0.15, 0.2) is 12.4 Å². The first-order valence-corrected chi connectivity index (χ1v) is 9.66. The number of anilines is 3. The summed E-state index contributed by atoms with van der Waals surface area (Å²) in [6, 6.07) is -0.501. The second-order valence-electron chi connectivity index (χ2n) is 7.39. The van der Waals surface area contributed by atoms with Crippen LogP contribution >= 0.6 is 0 Å². The van der Waals surface area contributed by atoms with Gasteiger partial charge in [0.1, 0.15) is 17.4 Å². The number of Topliss-reactive ketones (excluding diaryl/α,β-unsaturated/α-hetero) is 1. The topological polar surface area (TPSA) is 138 Å². The van der Waals surface area contributed by atoms with Gasteiger partial charge in [-0.1, -0.05) is 0 Å². The minimum absolute atomic E-state index is 0.0443. The van der Waals surface area contributed by atoms with Crippen LogP contribution in [0.3, 0.4) is 0 Å². The molecule has 0 radical (unpaired) electrons. The molecule has 10 nitrogen and oxygen atoms in total. The number of piperazine rings is 1. The van der Waals surface area contributed by atoms with Gasteiger partial charge in [-0.25, -0.2) is 19.7 Å². The molecule has 152 valence electrons. The van der Waals surface area contributed by atoms with Crippen LogP contribution in [-0.2, 0) is 17.6 Å². The van der Waals surface area contributed by atoms with Crippen molar-refractivity contribution in [1.29, 1.82) is 0 Å². The lowest BCUT2D eigenvalue weighted by atomic mass is 9.98. The van der Waals surface area contributed by atoms with Gasteiger partial charge in [-0.05, 0) is 38.2 Å². The van der Waals surface area contributed by atoms with Crippen LogP contribution in [0.5, 0.6) is 0 Å². The number of aromatic carboxylic acids is 1. The van der Waals surface area contributed by atoms with E-state index in [1.54, 1.807) is 4.90 Å². The van der Waals surface area contributed by atoms with Gasteiger partial charge in [0.2, 0.25) is 11.9 Å². The third kappa shape index (κ3) is 3.69. The lowest BCUT2D eigenvalue weighted by Crippen LogP contribution is -2.57. The maximum Gasteiger partial charge on any atom is 0.341 e. The molecule has 1 aliphatic heterocycles. The van der Waals surface area contributed by atoms with Crippen LogP contribution in [0, 0.1) is 0 Å². The van der Waals surface area contributed by atoms with Crippen molar-refractivity contribution in [3.8, 4) is 0 Å². The second kappa shape index (κ2) is 7.61. The fraction of sp³-hybridized carbons (Fsp3) is 0.474. The van der Waals surface area contributed by atoms with Gasteiger partial charge in [0.05, 0.1) is 0 Å². The Morgan fingerprint density at radius 1 is 1.10 bits per heavy atom. The Labute approximate surface area is 167 Å². The molecule has 3 N–H and O–H groups in total. The molecule has 0 bridgehead atoms. The molecular formula is C19H23N7O3. The molecule has 10 heteroatoms. The van der Waals surface area contributed by atoms with Gasteiger partial charge in [-0.15, -0.1) is 0 Å². The summed E-state index contributed by atoms with van der Waals surface area (Å²) in [5.74, 6) is -0.467. The Morgan fingerprint density at radius 3 is 2.59 bits per heavy atom. The molecule has 1 saturated heterocycles. The number of hydrogen-bond donors (Lipinski definition) is 2. The zero-order valence-corrected chi connectivity index (χ0v) is 16.2. The van der Waals surface area contributed by atoms with Crippen molar-refractivity contribution in [3.63, 3.8) is 0 Å². The molecule has 0 unspecified atom stereocenters. The maximum absolute atomic E-state index is 12.4. The number of aromatic nitrogens is 4. The van der Waals surface area contributed by atoms with Gasteiger partial charge in [0, 0.05) is 37.7 Å². The van der Waals surface area contributed by atoms with Crippen LogP contribution in [-0.4, -0.2) is 62.5 Å². The van der Waals surface area contributed by atoms with Crippen LogP contribution in [0.2, 0.25) is 0 Å². The van der Waals surface area contributed by atoms with Gasteiger partial charge in [0.15, 0.2) is 5.78 Å². The molecule has 1 fully saturated rings. The predicted octanol–water partition coefficient (Wildman–Crippen LogP) is 0.710. The number of aryl methyl sites for hydroxylation is 2. The van der Waals surface area contributed by atoms with E-state index in [2.05, 4.69) is 15.0 Å². The standard InChI is InChI=1S/C19H23N7O3/c1-11(27)15-10-25(18-21-8-12-4-2-3-5-14(12)23-18)6-7-26(15)19-22-9-13(17(28)29)16(20)24-19/h8-9,15H,2-7,10H2,1H3,(H,28,29)(H2,20,22,24)/t15-/m0/s1. The molecule has 1 atom stereocenters. The Morgan fingerprint density at radius 2 is 1.86 bits per heavy atom. The summed E-state index contributed by atoms with van der Waals surface area (Å²) in [7, 11) is 0. The number of fused-ring (bicyclic) bond motifs is 1. The minimum atomic E-state index is -1.19. The van der Waals surface area contributed by atoms with E-state index in [4.69, 9.17) is 15.8 Å². The summed E-state index contributed by atoms with van der Waals surface area (Å²) in [6.45, 7) is 2.98. The number of nitrogens with zero attached hydrogens (tertiary/aromatic N) is 6. The number of hydrogen-bond acceptors (Lipinski definition) is 9. The highest BCUT2D eigenvalue weighted by molar-refractivity contribution is 5.92. The van der Waals surface area contributed by atoms with Crippen molar-refractivity contribution < 1.29 is 14.7 Å². The largest absolute Gasteiger partial charge is 0.477 e. The molecule has 1 aliphatic carbocycles. The average Bonchev–Trinajstić information content (AvgIpc) is 2.72. The van der Waals surface area contributed by atoms with Gasteiger partial charge >= 0.3 is 5.97 Å². The highest BCUT2D eigenvalue weighted by Gasteiger charge is 2.33. The Balaban J connectivity index is 1.57. The van der Waals surface area contributed by atoms with Crippen molar-refractivity contribution in [2.24, 2.45) is 0 Å². The monoisotopic (exact) mass is 397 g/mol. The first-order valence-electron chi connectivity index (χ1n) is 9.66. The van der Waals surface area contributed by atoms with Crippen molar-refractivity contribution >= 4 is 29.5 Å². The van der Waals surface area contributed by atoms with Crippen molar-refractivity contribution in [1.82, 2.24) is 19.9 Å². The Hall–Kier alpha value is -3.30. The fourth-order valence-corrected chi connectivity index (χ4v) is 3.86. The molecule has 4 rings (SSSR count). The highest BCUT2D eigenvalue weighted by atomic mass is 16.4. The van der Waals surface area contributed by atoms with E-state index < -0.39 is 12.0 Å². The predicted molar refractivity (Wildman–Crippen MR) is 106 cm³/mol. The van der Waals surface area contributed by atoms with Crippen molar-refractivity contribution in [3.05, 3.63) is 29.2 Å². The Bertz CT molecular complexity index is 965. The third-order valence-electron chi connectivity index (χ3n) is 5.48. The number of carbonyl (C=O) groups excluding carboxylic acids is 1. The lowest BCUT2D eigenvalue weighted by Gasteiger charge is -2.40. The number of nitrogen functional groups attached to an aromatic ring is 1. The smallest absolute Gasteiger partial charge is 0.341 e. The van der Waals surface area contributed by atoms with Crippen LogP contribution in [0.4, 0.5) is 17.7 Å². The maximum atomic E-state index is 12.4. The molecule has 3 heterocycles. The van der Waals surface area contributed by atoms with Crippen molar-refractivity contribution in [2.75, 3.05) is 35.2 Å². The number of carbonyl (C=O) groups is 2. The van der Waals surface area contributed by atoms with Gasteiger partial charge in [0.25, 0.3) is 0 Å². The molecule has 0 aromatic carbocycles. The molecule has 2 aromatic rings. The Kier molecular flexibility index (Phi) is 4.99. The van der Waals surface area contributed by atoms with Gasteiger partial charge < -0.3 is 20.6 Å². The quantitative estimate of drug-likeness (QED) is 0.758. The van der Waals surface area contributed by atoms with E-state index in [0.29, 0.717) is 25.6 Å². The summed E-state index contributed by atoms with van der Waals surface area (Å²) < 4.78 is 0. The molecule has 0 spiro atoms. The van der Waals surface area contributed by atoms with Gasteiger partial charge in [-0.2, -0.15) is 4.98 Å². The van der Waals surface area contributed by atoms with E-state index in [1.165, 1.54) is 25.1 Å². The zero-order valence-electron chi connectivity index (χ0n) is 16.2. The average molecular weight is 397 g/mol. The van der Waals surface area contributed by atoms with Crippen LogP contribution in [0.25, 0.3) is 0 Å². The second-order valence-corrected chi connectivity index (χ2v) is 7.39. The first kappa shape index (κ1) is 19.0. The van der Waals surface area contributed by atoms with Crippen LogP contribution in [0.1, 0.15) is 41.4 Å². The van der Waals surface area contributed by atoms with E-state index in [-0.39, 0.29) is 23.1 Å². The van der Waals surface area contributed by atoms with Crippen LogP contribution < -0.4 is 15.5 Å². The summed E-state index contributed by atoms with van der Waals surface area (Å²) in [5.41, 5.74) is 7.91. The summed E-state index contributed by atoms with van der Waals surface area (Å²) >= 11 is 0. The van der Waals surface area contributed by atoms with E-state index in [9.17, 15) is 9.59 Å². The zero-order chi connectivity index (χ0) is 20.5. The summed E-state index contributed by atoms with van der Waals surface area (Å²) in [5, 5.41) is 9.10. The molecule has 29 heavy (non-hydrogen) atoms. The van der Waals surface area contributed by atoms with Gasteiger partial charge in [-0.3, -0.25) is 4.79 Å². The number of ketones is 1. The van der Waals surface area contributed by atoms with E-state index in [0.717, 1.165) is 25.0 Å². The summed E-state index contributed by atoms with van der Waals surface area (Å²) in [6.07, 6.45) is 7.37.